The number of carbonyl (C=O) groups excluding carboxylic acids is 1. The molecule has 1 saturated heterocycles. The van der Waals surface area contributed by atoms with Gasteiger partial charge in [-0.05, 0) is 25.4 Å². The van der Waals surface area contributed by atoms with Gasteiger partial charge in [-0.2, -0.15) is 0 Å². The molecule has 2 amide bonds. The summed E-state index contributed by atoms with van der Waals surface area (Å²) in [5, 5.41) is 5.94. The van der Waals surface area contributed by atoms with E-state index in [2.05, 4.69) is 36.3 Å². The first kappa shape index (κ1) is 10.0. The van der Waals surface area contributed by atoms with Gasteiger partial charge in [0.15, 0.2) is 0 Å². The summed E-state index contributed by atoms with van der Waals surface area (Å²) in [5.41, 5.74) is 0. The van der Waals surface area contributed by atoms with Gasteiger partial charge in [0.2, 0.25) is 0 Å². The summed E-state index contributed by atoms with van der Waals surface area (Å²) in [6.45, 7) is 2.73. The van der Waals surface area contributed by atoms with Gasteiger partial charge in [0, 0.05) is 6.54 Å². The second-order valence-corrected chi connectivity index (χ2v) is 3.95. The van der Waals surface area contributed by atoms with Crippen molar-refractivity contribution in [3.63, 3.8) is 0 Å². The maximum absolute atomic E-state index is 10.9. The number of amides is 2. The van der Waals surface area contributed by atoms with Crippen LogP contribution < -0.4 is 10.6 Å². The molecule has 0 saturated carbocycles. The van der Waals surface area contributed by atoms with Crippen molar-refractivity contribution in [1.82, 2.24) is 14.3 Å². The summed E-state index contributed by atoms with van der Waals surface area (Å²) in [6.07, 6.45) is 1.12. The molecular formula is C6H13N3OS2. The van der Waals surface area contributed by atoms with E-state index in [0.717, 1.165) is 23.2 Å². The molecule has 1 aliphatic rings. The number of hydrogen-bond acceptors (Lipinski definition) is 4. The summed E-state index contributed by atoms with van der Waals surface area (Å²) >= 11 is 7.48. The lowest BCUT2D eigenvalue weighted by atomic mass is 10.1. The Hall–Kier alpha value is -0.0700. The molecule has 0 aromatic carbocycles. The van der Waals surface area contributed by atoms with Gasteiger partial charge < -0.3 is 10.6 Å². The minimum atomic E-state index is -0.270. The van der Waals surface area contributed by atoms with Crippen LogP contribution in [0.5, 0.6) is 0 Å². The third-order valence-electron chi connectivity index (χ3n) is 1.89. The van der Waals surface area contributed by atoms with Crippen LogP contribution >= 0.6 is 25.6 Å². The number of carbonyl (C=O) groups is 1. The number of nitrogens with one attached hydrogen (secondary N) is 2. The predicted octanol–water partition coefficient (Wildman–Crippen LogP) is 0.297. The van der Waals surface area contributed by atoms with Crippen LogP contribution in [0, 0.1) is 5.92 Å². The van der Waals surface area contributed by atoms with Gasteiger partial charge in [-0.15, -0.1) is 0 Å². The molecule has 2 N–H and O–H groups in total. The van der Waals surface area contributed by atoms with Crippen molar-refractivity contribution < 1.29 is 4.79 Å². The highest BCUT2D eigenvalue weighted by Gasteiger charge is 2.15. The molecule has 0 bridgehead atoms. The first-order valence-electron chi connectivity index (χ1n) is 3.86. The van der Waals surface area contributed by atoms with E-state index in [0.29, 0.717) is 12.5 Å². The molecule has 1 unspecified atom stereocenters. The lowest BCUT2D eigenvalue weighted by Crippen LogP contribution is -2.33. The summed E-state index contributed by atoms with van der Waals surface area (Å²) in [5.74, 6) is 0.551. The zero-order valence-electron chi connectivity index (χ0n) is 6.66. The molecule has 0 radical (unpaired) electrons. The maximum atomic E-state index is 10.9. The number of rotatable bonds is 2. The Morgan fingerprint density at radius 1 is 1.67 bits per heavy atom. The van der Waals surface area contributed by atoms with Gasteiger partial charge in [-0.3, -0.25) is 0 Å². The largest absolute Gasteiger partial charge is 0.337 e. The fourth-order valence-corrected chi connectivity index (χ4v) is 1.33. The van der Waals surface area contributed by atoms with Crippen molar-refractivity contribution >= 4 is 31.7 Å². The lowest BCUT2D eigenvalue weighted by molar-refractivity contribution is 0.237. The standard InChI is InChI=1S/C6H13N3OS2/c10-6(9(11)12)8-4-5-1-2-7-3-5/h5,7,11-12H,1-4H2,(H,8,10). The van der Waals surface area contributed by atoms with Gasteiger partial charge in [0.25, 0.3) is 0 Å². The fraction of sp³-hybridized carbons (Fsp3) is 0.833. The molecule has 0 aromatic heterocycles. The maximum Gasteiger partial charge on any atom is 0.337 e. The van der Waals surface area contributed by atoms with Crippen molar-refractivity contribution in [2.45, 2.75) is 6.42 Å². The second kappa shape index (κ2) is 4.84. The molecule has 12 heavy (non-hydrogen) atoms. The van der Waals surface area contributed by atoms with Gasteiger partial charge in [-0.25, -0.2) is 8.51 Å². The summed E-state index contributed by atoms with van der Waals surface area (Å²) in [7, 11) is 0. The third-order valence-corrected chi connectivity index (χ3v) is 2.25. The number of urea groups is 1. The van der Waals surface area contributed by atoms with Gasteiger partial charge in [0.1, 0.15) is 0 Å². The minimum Gasteiger partial charge on any atom is -0.336 e. The average molecular weight is 207 g/mol. The van der Waals surface area contributed by atoms with E-state index in [1.54, 1.807) is 0 Å². The Morgan fingerprint density at radius 3 is 2.92 bits per heavy atom. The molecule has 1 aliphatic heterocycles. The first-order chi connectivity index (χ1) is 5.70. The quantitative estimate of drug-likeness (QED) is 0.492. The summed E-state index contributed by atoms with van der Waals surface area (Å²) in [4.78, 5) is 10.9. The van der Waals surface area contributed by atoms with Gasteiger partial charge >= 0.3 is 6.03 Å². The normalized spacial score (nSPS) is 22.3. The molecule has 1 fully saturated rings. The van der Waals surface area contributed by atoms with Gasteiger partial charge in [0.05, 0.1) is 0 Å². The van der Waals surface area contributed by atoms with Crippen LogP contribution in [0.15, 0.2) is 0 Å². The molecule has 0 aliphatic carbocycles. The van der Waals surface area contributed by atoms with E-state index in [1.165, 1.54) is 0 Å². The van der Waals surface area contributed by atoms with Gasteiger partial charge in [-0.1, -0.05) is 25.6 Å². The number of nitrogens with zero attached hydrogens (tertiary/aromatic N) is 1. The predicted molar refractivity (Wildman–Crippen MR) is 54.2 cm³/mol. The van der Waals surface area contributed by atoms with Crippen LogP contribution in [0.3, 0.4) is 0 Å². The van der Waals surface area contributed by atoms with E-state index >= 15 is 0 Å². The highest BCUT2D eigenvalue weighted by Crippen LogP contribution is 2.06. The van der Waals surface area contributed by atoms with Crippen molar-refractivity contribution in [2.75, 3.05) is 19.6 Å². The Kier molecular flexibility index (Phi) is 4.03. The lowest BCUT2D eigenvalue weighted by Gasteiger charge is -2.12. The van der Waals surface area contributed by atoms with Crippen LogP contribution in [0.1, 0.15) is 6.42 Å². The third kappa shape index (κ3) is 3.12. The molecule has 0 spiro atoms. The summed E-state index contributed by atoms with van der Waals surface area (Å²) in [6, 6.07) is -0.270. The number of hydrogen-bond donors (Lipinski definition) is 4. The van der Waals surface area contributed by atoms with Crippen molar-refractivity contribution in [3.05, 3.63) is 0 Å². The monoisotopic (exact) mass is 207 g/mol. The van der Waals surface area contributed by atoms with E-state index in [1.807, 2.05) is 0 Å². The molecule has 1 rings (SSSR count). The zero-order chi connectivity index (χ0) is 8.97. The van der Waals surface area contributed by atoms with Crippen LogP contribution in [-0.2, 0) is 0 Å². The first-order valence-corrected chi connectivity index (χ1v) is 4.66. The molecule has 4 nitrogen and oxygen atoms in total. The SMILES string of the molecule is O=C(NCC1CCNC1)N(S)S. The summed E-state index contributed by atoms with van der Waals surface area (Å²) < 4.78 is 0.947. The molecule has 6 heteroatoms. The Bertz CT molecular complexity index is 159. The Balaban J connectivity index is 2.12. The van der Waals surface area contributed by atoms with E-state index in [4.69, 9.17) is 0 Å². The van der Waals surface area contributed by atoms with Crippen molar-refractivity contribution in [1.29, 1.82) is 0 Å². The second-order valence-electron chi connectivity index (χ2n) is 2.83. The van der Waals surface area contributed by atoms with Crippen LogP contribution in [0.4, 0.5) is 4.79 Å². The smallest absolute Gasteiger partial charge is 0.336 e. The van der Waals surface area contributed by atoms with Crippen molar-refractivity contribution in [3.8, 4) is 0 Å². The molecule has 70 valence electrons. The molecule has 1 atom stereocenters. The van der Waals surface area contributed by atoms with E-state index < -0.39 is 0 Å². The number of thiol groups is 2. The van der Waals surface area contributed by atoms with E-state index in [-0.39, 0.29) is 6.03 Å². The molecule has 1 heterocycles. The van der Waals surface area contributed by atoms with Crippen molar-refractivity contribution in [2.24, 2.45) is 5.92 Å². The zero-order valence-corrected chi connectivity index (χ0v) is 8.44. The Morgan fingerprint density at radius 2 is 2.42 bits per heavy atom. The van der Waals surface area contributed by atoms with E-state index in [9.17, 15) is 4.79 Å². The van der Waals surface area contributed by atoms with Crippen LogP contribution in [0.25, 0.3) is 0 Å². The fourth-order valence-electron chi connectivity index (χ4n) is 1.19. The highest BCUT2D eigenvalue weighted by molar-refractivity contribution is 7.94. The average Bonchev–Trinajstić information content (AvgIpc) is 2.51. The van der Waals surface area contributed by atoms with Crippen LogP contribution in [0.2, 0.25) is 0 Å². The van der Waals surface area contributed by atoms with Crippen LogP contribution in [-0.4, -0.2) is 29.4 Å². The Labute approximate surface area is 83.2 Å². The molecule has 0 aromatic rings. The topological polar surface area (TPSA) is 44.4 Å². The molecular weight excluding hydrogens is 194 g/mol. The minimum absolute atomic E-state index is 0.270. The highest BCUT2D eigenvalue weighted by atomic mass is 32.2.